The molecular weight excluding hydrogens is 372 g/mol. The zero-order chi connectivity index (χ0) is 19.1. The third kappa shape index (κ3) is 2.88. The van der Waals surface area contributed by atoms with Gasteiger partial charge >= 0.3 is 0 Å². The second-order valence-electron chi connectivity index (χ2n) is 6.95. The van der Waals surface area contributed by atoms with E-state index in [2.05, 4.69) is 11.2 Å². The van der Waals surface area contributed by atoms with E-state index in [0.29, 0.717) is 10.9 Å². The molecule has 1 aliphatic heterocycles. The van der Waals surface area contributed by atoms with Gasteiger partial charge in [0.1, 0.15) is 11.6 Å². The van der Waals surface area contributed by atoms with Gasteiger partial charge in [0, 0.05) is 11.9 Å². The van der Waals surface area contributed by atoms with Crippen LogP contribution in [-0.4, -0.2) is 32.1 Å². The Hall–Kier alpha value is -3.06. The van der Waals surface area contributed by atoms with E-state index in [4.69, 9.17) is 4.98 Å². The highest BCUT2D eigenvalue weighted by Gasteiger charge is 2.32. The molecule has 4 aromatic rings. The van der Waals surface area contributed by atoms with Crippen molar-refractivity contribution < 1.29 is 4.79 Å². The molecule has 7 heteroatoms. The molecule has 0 saturated carbocycles. The topological polar surface area (TPSA) is 68.1 Å². The number of rotatable bonds is 3. The average Bonchev–Trinajstić information content (AvgIpc) is 3.37. The Bertz CT molecular complexity index is 1210. The number of hydrogen-bond acceptors (Lipinski definition) is 5. The van der Waals surface area contributed by atoms with Crippen molar-refractivity contribution in [2.75, 3.05) is 6.54 Å². The standard InChI is InChI=1S/C21H18N4O2S/c26-18-12-22-25(16-8-3-1-6-14(16)18)13-20(27)24-11-5-9-17(24)21-23-15-7-2-4-10-19(15)28-21/h1-4,6-8,10,12,17H,5,9,11,13H2. The number of benzene rings is 2. The molecule has 0 bridgehead atoms. The van der Waals surface area contributed by atoms with Crippen LogP contribution in [0.25, 0.3) is 21.1 Å². The number of fused-ring (bicyclic) bond motifs is 2. The zero-order valence-electron chi connectivity index (χ0n) is 15.1. The first-order valence-electron chi connectivity index (χ1n) is 9.30. The predicted octanol–water partition coefficient (Wildman–Crippen LogP) is 3.37. The number of hydrogen-bond donors (Lipinski definition) is 0. The summed E-state index contributed by atoms with van der Waals surface area (Å²) in [5.41, 5.74) is 1.53. The first-order valence-corrected chi connectivity index (χ1v) is 10.1. The number of thiazole rings is 1. The van der Waals surface area contributed by atoms with E-state index in [1.807, 2.05) is 41.3 Å². The minimum Gasteiger partial charge on any atom is -0.332 e. The van der Waals surface area contributed by atoms with Gasteiger partial charge in [-0.15, -0.1) is 11.3 Å². The molecule has 1 unspecified atom stereocenters. The lowest BCUT2D eigenvalue weighted by atomic mass is 10.2. The molecule has 2 aromatic heterocycles. The van der Waals surface area contributed by atoms with Gasteiger partial charge in [-0.1, -0.05) is 24.3 Å². The van der Waals surface area contributed by atoms with Gasteiger partial charge < -0.3 is 4.90 Å². The van der Waals surface area contributed by atoms with Crippen LogP contribution in [-0.2, 0) is 11.3 Å². The zero-order valence-corrected chi connectivity index (χ0v) is 15.9. The van der Waals surface area contributed by atoms with Crippen molar-refractivity contribution in [3.63, 3.8) is 0 Å². The second-order valence-corrected chi connectivity index (χ2v) is 8.01. The normalized spacial score (nSPS) is 16.9. The van der Waals surface area contributed by atoms with E-state index in [9.17, 15) is 9.59 Å². The number of aromatic nitrogens is 3. The van der Waals surface area contributed by atoms with Crippen LogP contribution in [0, 0.1) is 0 Å². The summed E-state index contributed by atoms with van der Waals surface area (Å²) in [7, 11) is 0. The lowest BCUT2D eigenvalue weighted by molar-refractivity contribution is -0.132. The summed E-state index contributed by atoms with van der Waals surface area (Å²) in [6.45, 7) is 0.833. The van der Waals surface area contributed by atoms with Gasteiger partial charge in [0.25, 0.3) is 0 Å². The van der Waals surface area contributed by atoms with Crippen LogP contribution < -0.4 is 5.43 Å². The lowest BCUT2D eigenvalue weighted by Crippen LogP contribution is -2.34. The van der Waals surface area contributed by atoms with Gasteiger partial charge in [-0.2, -0.15) is 5.10 Å². The monoisotopic (exact) mass is 390 g/mol. The fraction of sp³-hybridized carbons (Fsp3) is 0.238. The molecule has 0 radical (unpaired) electrons. The van der Waals surface area contributed by atoms with E-state index in [1.165, 1.54) is 6.20 Å². The van der Waals surface area contributed by atoms with Crippen LogP contribution in [0.3, 0.4) is 0 Å². The molecule has 1 atom stereocenters. The smallest absolute Gasteiger partial charge is 0.244 e. The Morgan fingerprint density at radius 2 is 1.96 bits per heavy atom. The summed E-state index contributed by atoms with van der Waals surface area (Å²) < 4.78 is 2.76. The maximum atomic E-state index is 13.1. The first-order chi connectivity index (χ1) is 13.7. The van der Waals surface area contributed by atoms with Crippen LogP contribution in [0.15, 0.2) is 59.5 Å². The molecule has 1 fully saturated rings. The summed E-state index contributed by atoms with van der Waals surface area (Å²) in [6, 6.07) is 15.3. The average molecular weight is 390 g/mol. The van der Waals surface area contributed by atoms with Crippen molar-refractivity contribution in [2.45, 2.75) is 25.4 Å². The fourth-order valence-corrected chi connectivity index (χ4v) is 4.98. The SMILES string of the molecule is O=C(Cn1ncc(=O)c2ccccc21)N1CCCC1c1nc2ccccc2s1. The second kappa shape index (κ2) is 6.83. The first kappa shape index (κ1) is 17.1. The van der Waals surface area contributed by atoms with Crippen LogP contribution in [0.5, 0.6) is 0 Å². The summed E-state index contributed by atoms with van der Waals surface area (Å²) >= 11 is 1.66. The molecule has 0 aliphatic carbocycles. The van der Waals surface area contributed by atoms with Crippen molar-refractivity contribution >= 4 is 38.4 Å². The van der Waals surface area contributed by atoms with Crippen molar-refractivity contribution in [3.05, 3.63) is 70.0 Å². The van der Waals surface area contributed by atoms with Gasteiger partial charge in [-0.25, -0.2) is 4.98 Å². The van der Waals surface area contributed by atoms with Gasteiger partial charge in [-0.05, 0) is 37.1 Å². The molecule has 140 valence electrons. The maximum Gasteiger partial charge on any atom is 0.244 e. The summed E-state index contributed by atoms with van der Waals surface area (Å²) in [5.74, 6) is 0.00283. The van der Waals surface area contributed by atoms with Gasteiger partial charge in [-0.3, -0.25) is 14.3 Å². The lowest BCUT2D eigenvalue weighted by Gasteiger charge is -2.23. The molecule has 6 nitrogen and oxygen atoms in total. The molecule has 28 heavy (non-hydrogen) atoms. The molecule has 1 saturated heterocycles. The summed E-state index contributed by atoms with van der Waals surface area (Å²) in [6.07, 6.45) is 3.17. The highest BCUT2D eigenvalue weighted by atomic mass is 32.1. The number of para-hydroxylation sites is 2. The summed E-state index contributed by atoms with van der Waals surface area (Å²) in [5, 5.41) is 5.76. The molecule has 0 N–H and O–H groups in total. The van der Waals surface area contributed by atoms with Crippen molar-refractivity contribution in [1.82, 2.24) is 19.7 Å². The fourth-order valence-electron chi connectivity index (χ4n) is 3.86. The predicted molar refractivity (Wildman–Crippen MR) is 109 cm³/mol. The van der Waals surface area contributed by atoms with Crippen molar-refractivity contribution in [3.8, 4) is 0 Å². The number of amides is 1. The van der Waals surface area contributed by atoms with E-state index in [0.717, 1.165) is 34.6 Å². The summed E-state index contributed by atoms with van der Waals surface area (Å²) in [4.78, 5) is 31.8. The number of likely N-dealkylation sites (tertiary alicyclic amines) is 1. The number of carbonyl (C=O) groups excluding carboxylic acids is 1. The van der Waals surface area contributed by atoms with Crippen LogP contribution in [0.1, 0.15) is 23.9 Å². The Labute approximate surface area is 165 Å². The highest BCUT2D eigenvalue weighted by molar-refractivity contribution is 7.18. The van der Waals surface area contributed by atoms with E-state index in [1.54, 1.807) is 22.1 Å². The minimum atomic E-state index is -0.132. The maximum absolute atomic E-state index is 13.1. The third-order valence-corrected chi connectivity index (χ3v) is 6.35. The molecule has 0 spiro atoms. The van der Waals surface area contributed by atoms with Gasteiger partial charge in [0.2, 0.25) is 11.3 Å². The largest absolute Gasteiger partial charge is 0.332 e. The Balaban J connectivity index is 1.45. The van der Waals surface area contributed by atoms with Crippen molar-refractivity contribution in [1.29, 1.82) is 0 Å². The Morgan fingerprint density at radius 1 is 1.14 bits per heavy atom. The third-order valence-electron chi connectivity index (χ3n) is 5.22. The van der Waals surface area contributed by atoms with E-state index < -0.39 is 0 Å². The number of carbonyl (C=O) groups is 1. The van der Waals surface area contributed by atoms with Crippen LogP contribution in [0.2, 0.25) is 0 Å². The molecule has 1 amide bonds. The Morgan fingerprint density at radius 3 is 2.86 bits per heavy atom. The quantitative estimate of drug-likeness (QED) is 0.538. The molecule has 3 heterocycles. The van der Waals surface area contributed by atoms with Gasteiger partial charge in [0.05, 0.1) is 28.0 Å². The minimum absolute atomic E-state index is 0.00283. The van der Waals surface area contributed by atoms with Crippen LogP contribution in [0.4, 0.5) is 0 Å². The van der Waals surface area contributed by atoms with Gasteiger partial charge in [0.15, 0.2) is 0 Å². The van der Waals surface area contributed by atoms with Crippen LogP contribution >= 0.6 is 11.3 Å². The van der Waals surface area contributed by atoms with E-state index >= 15 is 0 Å². The highest BCUT2D eigenvalue weighted by Crippen LogP contribution is 2.36. The van der Waals surface area contributed by atoms with E-state index in [-0.39, 0.29) is 23.9 Å². The molecule has 2 aromatic carbocycles. The molecule has 1 aliphatic rings. The van der Waals surface area contributed by atoms with Crippen molar-refractivity contribution in [2.24, 2.45) is 0 Å². The number of nitrogens with zero attached hydrogens (tertiary/aromatic N) is 4. The Kier molecular flexibility index (Phi) is 4.16. The molecular formula is C21H18N4O2S. The molecule has 5 rings (SSSR count).